The number of benzene rings is 2. The second kappa shape index (κ2) is 9.11. The fourth-order valence-electron chi connectivity index (χ4n) is 3.54. The number of fused-ring (bicyclic) bond motifs is 1. The average Bonchev–Trinajstić information content (AvgIpc) is 3.26. The molecule has 1 atom stereocenters. The summed E-state index contributed by atoms with van der Waals surface area (Å²) in [4.78, 5) is 25.2. The van der Waals surface area contributed by atoms with Gasteiger partial charge in [0.25, 0.3) is 0 Å². The topological polar surface area (TPSA) is 107 Å². The SMILES string of the molecule is O=C(COC(=O)C1CCCCN1S(=O)(=O)c1cccc2nsnc12)c1ccccc1Br. The van der Waals surface area contributed by atoms with Gasteiger partial charge < -0.3 is 4.74 Å². The summed E-state index contributed by atoms with van der Waals surface area (Å²) in [5, 5.41) is 0. The van der Waals surface area contributed by atoms with Crippen LogP contribution in [-0.2, 0) is 19.6 Å². The number of carbonyl (C=O) groups excluding carboxylic acids is 2. The van der Waals surface area contributed by atoms with Gasteiger partial charge in [0.1, 0.15) is 22.0 Å². The quantitative estimate of drug-likeness (QED) is 0.359. The largest absolute Gasteiger partial charge is 0.456 e. The van der Waals surface area contributed by atoms with Gasteiger partial charge in [0.05, 0.1) is 11.7 Å². The third kappa shape index (κ3) is 4.40. The number of hydrogen-bond acceptors (Lipinski definition) is 8. The van der Waals surface area contributed by atoms with E-state index in [1.165, 1.54) is 6.07 Å². The summed E-state index contributed by atoms with van der Waals surface area (Å²) in [5.74, 6) is -1.10. The van der Waals surface area contributed by atoms with Crippen molar-refractivity contribution >= 4 is 60.5 Å². The van der Waals surface area contributed by atoms with Crippen LogP contribution in [-0.4, -0.2) is 52.4 Å². The van der Waals surface area contributed by atoms with Gasteiger partial charge in [0.15, 0.2) is 6.61 Å². The Hall–Kier alpha value is -2.21. The molecule has 4 rings (SSSR count). The second-order valence-electron chi connectivity index (χ2n) is 7.03. The molecule has 2 heterocycles. The van der Waals surface area contributed by atoms with Crippen molar-refractivity contribution in [2.75, 3.05) is 13.2 Å². The summed E-state index contributed by atoms with van der Waals surface area (Å²) in [7, 11) is -4.01. The number of nitrogens with zero attached hydrogens (tertiary/aromatic N) is 3. The van der Waals surface area contributed by atoms with Crippen LogP contribution in [0.4, 0.5) is 0 Å². The van der Waals surface area contributed by atoms with Crippen molar-refractivity contribution in [1.29, 1.82) is 0 Å². The Balaban J connectivity index is 1.54. The van der Waals surface area contributed by atoms with Gasteiger partial charge in [-0.3, -0.25) is 9.59 Å². The first-order valence-corrected chi connectivity index (χ1v) is 12.5. The minimum Gasteiger partial charge on any atom is -0.456 e. The maximum Gasteiger partial charge on any atom is 0.324 e. The van der Waals surface area contributed by atoms with Crippen LogP contribution in [0.3, 0.4) is 0 Å². The molecular weight excluding hydrogens is 506 g/mol. The zero-order chi connectivity index (χ0) is 22.0. The van der Waals surface area contributed by atoms with Gasteiger partial charge >= 0.3 is 5.97 Å². The first-order chi connectivity index (χ1) is 14.9. The number of aromatic nitrogens is 2. The molecule has 0 amide bonds. The van der Waals surface area contributed by atoms with Gasteiger partial charge in [-0.25, -0.2) is 8.42 Å². The number of esters is 1. The number of Topliss-reactive ketones (excluding diaryl/α,β-unsaturated/α-hetero) is 1. The molecule has 1 saturated heterocycles. The number of ketones is 1. The molecule has 0 N–H and O–H groups in total. The van der Waals surface area contributed by atoms with Crippen molar-refractivity contribution in [3.05, 3.63) is 52.5 Å². The molecule has 162 valence electrons. The lowest BCUT2D eigenvalue weighted by atomic mass is 10.1. The third-order valence-electron chi connectivity index (χ3n) is 5.08. The molecule has 2 aromatic carbocycles. The average molecular weight is 524 g/mol. The summed E-state index contributed by atoms with van der Waals surface area (Å²) in [6, 6.07) is 10.6. The van der Waals surface area contributed by atoms with E-state index in [2.05, 4.69) is 24.7 Å². The van der Waals surface area contributed by atoms with Crippen molar-refractivity contribution in [1.82, 2.24) is 13.1 Å². The highest BCUT2D eigenvalue weighted by Gasteiger charge is 2.39. The number of carbonyl (C=O) groups is 2. The van der Waals surface area contributed by atoms with Gasteiger partial charge in [0, 0.05) is 16.6 Å². The summed E-state index contributed by atoms with van der Waals surface area (Å²) < 4.78 is 42.0. The lowest BCUT2D eigenvalue weighted by molar-refractivity contribution is -0.148. The Labute approximate surface area is 191 Å². The highest BCUT2D eigenvalue weighted by Crippen LogP contribution is 2.30. The molecule has 0 radical (unpaired) electrons. The van der Waals surface area contributed by atoms with E-state index in [1.54, 1.807) is 36.4 Å². The molecule has 3 aromatic rings. The predicted molar refractivity (Wildman–Crippen MR) is 118 cm³/mol. The van der Waals surface area contributed by atoms with Crippen LogP contribution in [0.1, 0.15) is 29.6 Å². The first-order valence-electron chi connectivity index (χ1n) is 9.57. The minimum atomic E-state index is -4.01. The number of rotatable bonds is 6. The van der Waals surface area contributed by atoms with Crippen LogP contribution in [0.5, 0.6) is 0 Å². The smallest absolute Gasteiger partial charge is 0.324 e. The van der Waals surface area contributed by atoms with E-state index in [9.17, 15) is 18.0 Å². The second-order valence-corrected chi connectivity index (χ2v) is 10.3. The molecule has 31 heavy (non-hydrogen) atoms. The van der Waals surface area contributed by atoms with Crippen LogP contribution in [0.25, 0.3) is 11.0 Å². The van der Waals surface area contributed by atoms with Crippen LogP contribution in [0.2, 0.25) is 0 Å². The summed E-state index contributed by atoms with van der Waals surface area (Å²) in [6.45, 7) is -0.272. The Morgan fingerprint density at radius 2 is 1.94 bits per heavy atom. The molecule has 1 unspecified atom stereocenters. The van der Waals surface area contributed by atoms with Crippen LogP contribution in [0.15, 0.2) is 51.8 Å². The van der Waals surface area contributed by atoms with E-state index in [4.69, 9.17) is 4.74 Å². The molecular formula is C20H18BrN3O5S2. The van der Waals surface area contributed by atoms with Crippen molar-refractivity contribution in [2.45, 2.75) is 30.2 Å². The normalized spacial score (nSPS) is 17.5. The number of sulfonamides is 1. The summed E-state index contributed by atoms with van der Waals surface area (Å²) >= 11 is 4.23. The van der Waals surface area contributed by atoms with Crippen molar-refractivity contribution in [3.63, 3.8) is 0 Å². The molecule has 0 spiro atoms. The van der Waals surface area contributed by atoms with Crippen molar-refractivity contribution < 1.29 is 22.7 Å². The zero-order valence-corrected chi connectivity index (χ0v) is 19.5. The number of ether oxygens (including phenoxy) is 1. The number of piperidine rings is 1. The van der Waals surface area contributed by atoms with E-state index in [0.29, 0.717) is 34.8 Å². The predicted octanol–water partition coefficient (Wildman–Crippen LogP) is 3.42. The van der Waals surface area contributed by atoms with Gasteiger partial charge in [-0.1, -0.05) is 40.2 Å². The lowest BCUT2D eigenvalue weighted by Gasteiger charge is -2.32. The molecule has 0 aliphatic carbocycles. The highest BCUT2D eigenvalue weighted by molar-refractivity contribution is 9.10. The van der Waals surface area contributed by atoms with Crippen LogP contribution in [0, 0.1) is 0 Å². The van der Waals surface area contributed by atoms with E-state index >= 15 is 0 Å². The van der Waals surface area contributed by atoms with E-state index < -0.39 is 28.6 Å². The number of hydrogen-bond donors (Lipinski definition) is 0. The Bertz CT molecular complexity index is 1240. The van der Waals surface area contributed by atoms with Crippen molar-refractivity contribution in [2.24, 2.45) is 0 Å². The fraction of sp³-hybridized carbons (Fsp3) is 0.300. The van der Waals surface area contributed by atoms with Crippen molar-refractivity contribution in [3.8, 4) is 0 Å². The molecule has 8 nitrogen and oxygen atoms in total. The van der Waals surface area contributed by atoms with Crippen LogP contribution < -0.4 is 0 Å². The molecule has 1 aliphatic rings. The van der Waals surface area contributed by atoms with Crippen LogP contribution >= 0.6 is 27.7 Å². The molecule has 11 heteroatoms. The number of halogens is 1. The molecule has 0 bridgehead atoms. The fourth-order valence-corrected chi connectivity index (χ4v) is 6.45. The first kappa shape index (κ1) is 22.0. The van der Waals surface area contributed by atoms with E-state index in [0.717, 1.165) is 16.0 Å². The molecule has 0 saturated carbocycles. The highest BCUT2D eigenvalue weighted by atomic mass is 79.9. The Kier molecular flexibility index (Phi) is 6.47. The summed E-state index contributed by atoms with van der Waals surface area (Å²) in [6.07, 6.45) is 1.64. The van der Waals surface area contributed by atoms with Gasteiger partial charge in [0.2, 0.25) is 15.8 Å². The Morgan fingerprint density at radius 1 is 1.13 bits per heavy atom. The van der Waals surface area contributed by atoms with Gasteiger partial charge in [-0.15, -0.1) is 0 Å². The third-order valence-corrected chi connectivity index (χ3v) is 8.26. The van der Waals surface area contributed by atoms with E-state index in [-0.39, 0.29) is 22.7 Å². The molecule has 1 aliphatic heterocycles. The maximum atomic E-state index is 13.4. The zero-order valence-electron chi connectivity index (χ0n) is 16.2. The standard InChI is InChI=1S/C20H18BrN3O5S2/c21-14-7-2-1-6-13(14)17(25)12-29-20(26)16-9-3-4-11-24(16)31(27,28)18-10-5-8-15-19(18)23-30-22-15/h1-2,5-8,10,16H,3-4,9,11-12H2. The van der Waals surface area contributed by atoms with E-state index in [1.807, 2.05) is 0 Å². The lowest BCUT2D eigenvalue weighted by Crippen LogP contribution is -2.48. The van der Waals surface area contributed by atoms with Gasteiger partial charge in [-0.05, 0) is 37.5 Å². The molecule has 1 aromatic heterocycles. The Morgan fingerprint density at radius 3 is 2.74 bits per heavy atom. The summed E-state index contributed by atoms with van der Waals surface area (Å²) in [5.41, 5.74) is 1.17. The minimum absolute atomic E-state index is 0.0164. The molecule has 1 fully saturated rings. The maximum absolute atomic E-state index is 13.4. The van der Waals surface area contributed by atoms with Gasteiger partial charge in [-0.2, -0.15) is 13.1 Å². The monoisotopic (exact) mass is 523 g/mol.